The van der Waals surface area contributed by atoms with Crippen LogP contribution in [0.25, 0.3) is 0 Å². The van der Waals surface area contributed by atoms with Crippen molar-refractivity contribution >= 4 is 94.8 Å². The van der Waals surface area contributed by atoms with E-state index in [4.69, 9.17) is 57.2 Å². The van der Waals surface area contributed by atoms with Gasteiger partial charge >= 0.3 is 23.9 Å². The highest BCUT2D eigenvalue weighted by Crippen LogP contribution is 2.40. The number of ether oxygens (including phenoxy) is 8. The predicted octanol–water partition coefficient (Wildman–Crippen LogP) is 0.262. The van der Waals surface area contributed by atoms with Gasteiger partial charge in [0.05, 0.1) is 79.1 Å². The predicted molar refractivity (Wildman–Crippen MR) is 346 cm³/mol. The van der Waals surface area contributed by atoms with Crippen molar-refractivity contribution in [1.29, 1.82) is 0 Å². The topological polar surface area (TPSA) is 451 Å². The van der Waals surface area contributed by atoms with Crippen LogP contribution in [0.3, 0.4) is 0 Å². The van der Waals surface area contributed by atoms with Crippen LogP contribution in [0.2, 0.25) is 0 Å². The first-order valence-electron chi connectivity index (χ1n) is 31.8. The Hall–Kier alpha value is -12.5. The Labute approximate surface area is 590 Å². The summed E-state index contributed by atoms with van der Waals surface area (Å²) in [4.78, 5) is 232. The molecule has 0 saturated carbocycles. The van der Waals surface area contributed by atoms with Gasteiger partial charge in [-0.05, 0) is 48.5 Å². The summed E-state index contributed by atoms with van der Waals surface area (Å²) in [7, 11) is 9.50. The van der Waals surface area contributed by atoms with E-state index in [1.807, 2.05) is 0 Å². The zero-order valence-electron chi connectivity index (χ0n) is 57.5. The van der Waals surface area contributed by atoms with Crippen LogP contribution < -0.4 is 59.2 Å². The molecule has 0 bridgehead atoms. The summed E-state index contributed by atoms with van der Waals surface area (Å²) in [5, 5.41) is 12.5. The van der Waals surface area contributed by atoms with Gasteiger partial charge in [0, 0.05) is 117 Å². The molecule has 4 saturated heterocycles. The fourth-order valence-corrected chi connectivity index (χ4v) is 11.0. The lowest BCUT2D eigenvalue weighted by molar-refractivity contribution is -0.173. The van der Waals surface area contributed by atoms with Crippen molar-refractivity contribution in [3.05, 3.63) is 93.0 Å². The molecule has 4 aliphatic heterocycles. The average molecular weight is 1450 g/mol. The van der Waals surface area contributed by atoms with Gasteiger partial charge in [-0.15, -0.1) is 20.3 Å². The summed E-state index contributed by atoms with van der Waals surface area (Å²) >= 11 is 0. The van der Waals surface area contributed by atoms with Crippen LogP contribution in [0, 0.1) is 0 Å². The second-order valence-electron chi connectivity index (χ2n) is 22.5. The van der Waals surface area contributed by atoms with E-state index in [2.05, 4.69) is 21.3 Å². The van der Waals surface area contributed by atoms with Crippen molar-refractivity contribution in [1.82, 2.24) is 51.3 Å². The van der Waals surface area contributed by atoms with Crippen LogP contribution in [0.4, 0.5) is 0 Å². The number of methoxy groups -OCH3 is 8. The molecule has 4 heterocycles. The molecule has 0 radical (unpaired) electrons. The van der Waals surface area contributed by atoms with E-state index in [1.54, 1.807) is 9.80 Å². The van der Waals surface area contributed by atoms with Gasteiger partial charge in [-0.3, -0.25) is 67.3 Å². The highest BCUT2D eigenvalue weighted by atomic mass is 16.7. The van der Waals surface area contributed by atoms with Gasteiger partial charge in [0.1, 0.15) is 22.3 Å². The SMILES string of the molecule is COc1c(C(=O)NCCN(CCNC(=O)c2ccc(C(=O)ON3C(=O)CCC3=O)c(OC)c2OC)CCN(CCNC(=O)c2ccc(C(=O)ON3C(=O)CCC3=O)c(OC)c2OC)CCNC(=O)c2ccc(C(=O)ON3C(=O)CCC3=O)c(OC)c2OC)ccc(C(=O)ON2C(=O)CCC2=O)c1OC. The molecule has 0 aliphatic carbocycles. The maximum Gasteiger partial charge on any atom is 0.367 e. The molecule has 0 unspecified atom stereocenters. The van der Waals surface area contributed by atoms with E-state index >= 15 is 0 Å². The Morgan fingerprint density at radius 1 is 0.269 bits per heavy atom. The molecule has 4 aromatic rings. The number of amides is 12. The summed E-state index contributed by atoms with van der Waals surface area (Å²) in [6.07, 6.45) is -1.40. The molecule has 0 spiro atoms. The highest BCUT2D eigenvalue weighted by Gasteiger charge is 2.40. The molecule has 554 valence electrons. The molecule has 38 heteroatoms. The van der Waals surface area contributed by atoms with Crippen LogP contribution in [0.1, 0.15) is 134 Å². The van der Waals surface area contributed by atoms with E-state index in [0.717, 1.165) is 0 Å². The van der Waals surface area contributed by atoms with E-state index in [1.165, 1.54) is 105 Å². The highest BCUT2D eigenvalue weighted by molar-refractivity contribution is 6.09. The van der Waals surface area contributed by atoms with Gasteiger partial charge < -0.3 is 78.5 Å². The molecule has 4 N–H and O–H groups in total. The number of rotatable bonds is 35. The van der Waals surface area contributed by atoms with Crippen LogP contribution in [-0.2, 0) is 57.7 Å². The Morgan fingerprint density at radius 2 is 0.423 bits per heavy atom. The minimum absolute atomic E-state index is 0.0201. The Kier molecular flexibility index (Phi) is 26.2. The van der Waals surface area contributed by atoms with Gasteiger partial charge in [0.25, 0.3) is 70.9 Å². The largest absolute Gasteiger partial charge is 0.492 e. The van der Waals surface area contributed by atoms with E-state index in [-0.39, 0.29) is 207 Å². The summed E-state index contributed by atoms with van der Waals surface area (Å²) in [6.45, 7) is -0.248. The monoisotopic (exact) mass is 1450 g/mol. The van der Waals surface area contributed by atoms with Crippen molar-refractivity contribution in [2.24, 2.45) is 0 Å². The summed E-state index contributed by atoms with van der Waals surface area (Å²) in [6, 6.07) is 9.57. The molecule has 12 amide bonds. The number of nitrogens with zero attached hydrogens (tertiary/aromatic N) is 6. The number of carbonyl (C=O) groups is 16. The van der Waals surface area contributed by atoms with Crippen molar-refractivity contribution in [3.63, 3.8) is 0 Å². The summed E-state index contributed by atoms with van der Waals surface area (Å²) in [5.41, 5.74) is -1.72. The molecule has 4 fully saturated rings. The first-order valence-corrected chi connectivity index (χ1v) is 31.8. The normalized spacial score (nSPS) is 14.2. The van der Waals surface area contributed by atoms with E-state index in [0.29, 0.717) is 20.3 Å². The minimum Gasteiger partial charge on any atom is -0.492 e. The fourth-order valence-electron chi connectivity index (χ4n) is 11.0. The van der Waals surface area contributed by atoms with Gasteiger partial charge in [0.2, 0.25) is 0 Å². The van der Waals surface area contributed by atoms with Crippen molar-refractivity contribution in [2.45, 2.75) is 51.4 Å². The van der Waals surface area contributed by atoms with Crippen molar-refractivity contribution < 1.29 is 134 Å². The second-order valence-corrected chi connectivity index (χ2v) is 22.5. The van der Waals surface area contributed by atoms with E-state index in [9.17, 15) is 76.7 Å². The number of hydrogen-bond donors (Lipinski definition) is 4. The van der Waals surface area contributed by atoms with Crippen LogP contribution in [0.5, 0.6) is 46.0 Å². The molecular weight excluding hydrogens is 1380 g/mol. The number of hydrogen-bond acceptors (Lipinski definition) is 30. The van der Waals surface area contributed by atoms with Gasteiger partial charge in [0.15, 0.2) is 46.0 Å². The molecule has 0 atom stereocenters. The Balaban J connectivity index is 1.04. The molecule has 104 heavy (non-hydrogen) atoms. The van der Waals surface area contributed by atoms with Gasteiger partial charge in [-0.2, -0.15) is 0 Å². The first-order chi connectivity index (χ1) is 49.9. The first kappa shape index (κ1) is 77.3. The quantitative estimate of drug-likeness (QED) is 0.0449. The zero-order chi connectivity index (χ0) is 75.6. The Morgan fingerprint density at radius 3 is 0.587 bits per heavy atom. The van der Waals surface area contributed by atoms with Gasteiger partial charge in [-0.25, -0.2) is 19.2 Å². The lowest BCUT2D eigenvalue weighted by Gasteiger charge is -2.28. The molecule has 38 nitrogen and oxygen atoms in total. The molecule has 4 aliphatic rings. The third kappa shape index (κ3) is 17.4. The number of hydroxylamine groups is 8. The maximum atomic E-state index is 14.1. The molecule has 8 rings (SSSR count). The maximum absolute atomic E-state index is 14.1. The van der Waals surface area contributed by atoms with Crippen LogP contribution in [-0.4, -0.2) is 247 Å². The lowest BCUT2D eigenvalue weighted by Crippen LogP contribution is -2.46. The number of carbonyl (C=O) groups excluding carboxylic acids is 16. The number of imide groups is 4. The summed E-state index contributed by atoms with van der Waals surface area (Å²) < 4.78 is 44.0. The third-order valence-corrected chi connectivity index (χ3v) is 16.2. The molecule has 4 aromatic carbocycles. The van der Waals surface area contributed by atoms with Crippen molar-refractivity contribution in [3.8, 4) is 46.0 Å². The summed E-state index contributed by atoms with van der Waals surface area (Å²) in [5.74, 6) is -15.6. The smallest absolute Gasteiger partial charge is 0.367 e. The fraction of sp³-hybridized carbons (Fsp3) is 0.394. The molecular formula is C66H72N10O28. The van der Waals surface area contributed by atoms with Crippen LogP contribution >= 0.6 is 0 Å². The van der Waals surface area contributed by atoms with E-state index < -0.39 is 94.8 Å². The van der Waals surface area contributed by atoms with Gasteiger partial charge in [-0.1, -0.05) is 0 Å². The number of benzene rings is 4. The number of nitrogens with one attached hydrogen (secondary N) is 4. The second kappa shape index (κ2) is 35.2. The standard InChI is InChI=1S/C66H72N10O28/c1-93-51-35(9-13-39(55(51)97-5)63(89)101-73-43(77)17-18-44(73)78)59(85)67-25-29-71(30-26-68-60(86)36-10-14-40(56(98-6)52(36)94-2)64(90)102-74-45(79)19-20-46(74)80)33-34-72(31-27-69-61(87)37-11-15-41(57(99-7)53(37)95-3)65(91)103-75-47(81)21-22-48(75)82)32-28-70-62(88)38-12-16-42(58(100-8)54(38)96-4)66(92)104-76-49(83)23-24-50(76)84/h9-16H,17-34H2,1-8H3,(H,67,85)(H,68,86)(H,69,87)(H,70,88). The minimum atomic E-state index is -1.17. The van der Waals surface area contributed by atoms with Crippen LogP contribution in [0.15, 0.2) is 48.5 Å². The Bertz CT molecular complexity index is 3560. The lowest BCUT2D eigenvalue weighted by atomic mass is 10.1. The van der Waals surface area contributed by atoms with Crippen molar-refractivity contribution in [2.75, 3.05) is 122 Å². The molecule has 0 aromatic heterocycles. The third-order valence-electron chi connectivity index (χ3n) is 16.2. The zero-order valence-corrected chi connectivity index (χ0v) is 57.5. The average Bonchev–Trinajstić information content (AvgIpc) is 1.04.